The third-order valence-electron chi connectivity index (χ3n) is 2.44. The van der Waals surface area contributed by atoms with Gasteiger partial charge in [-0.2, -0.15) is 0 Å². The maximum atomic E-state index is 9.00. The molecule has 1 heterocycles. The molecule has 2 atom stereocenters. The Morgan fingerprint density at radius 1 is 1.33 bits per heavy atom. The van der Waals surface area contributed by atoms with Gasteiger partial charge < -0.3 is 15.7 Å². The summed E-state index contributed by atoms with van der Waals surface area (Å²) in [5.74, 6) is 1.73. The fourth-order valence-electron chi connectivity index (χ4n) is 1.11. The normalized spacial score (nSPS) is 14.4. The second-order valence-electron chi connectivity index (χ2n) is 3.63. The van der Waals surface area contributed by atoms with Gasteiger partial charge in [0.25, 0.3) is 0 Å². The van der Waals surface area contributed by atoms with Gasteiger partial charge in [-0.1, -0.05) is 6.92 Å². The summed E-state index contributed by atoms with van der Waals surface area (Å²) < 4.78 is 0. The molecule has 5 nitrogen and oxygen atoms in total. The maximum Gasteiger partial charge on any atom is 0.131 e. The first kappa shape index (κ1) is 11.7. The van der Waals surface area contributed by atoms with Crippen LogP contribution in [0.5, 0.6) is 0 Å². The van der Waals surface area contributed by atoms with E-state index in [1.807, 2.05) is 27.0 Å². The van der Waals surface area contributed by atoms with Gasteiger partial charge >= 0.3 is 0 Å². The van der Waals surface area contributed by atoms with Crippen LogP contribution in [0.1, 0.15) is 13.8 Å². The molecule has 5 heteroatoms. The SMILES string of the molecule is CNc1cc(NC(C)C(C)CO)ncn1. The smallest absolute Gasteiger partial charge is 0.131 e. The van der Waals surface area contributed by atoms with Crippen molar-refractivity contribution < 1.29 is 5.11 Å². The molecule has 84 valence electrons. The molecule has 0 spiro atoms. The topological polar surface area (TPSA) is 70.1 Å². The number of aromatic nitrogens is 2. The number of hydrogen-bond acceptors (Lipinski definition) is 5. The molecule has 3 N–H and O–H groups in total. The Hall–Kier alpha value is -1.36. The van der Waals surface area contributed by atoms with Crippen molar-refractivity contribution in [3.8, 4) is 0 Å². The fourth-order valence-corrected chi connectivity index (χ4v) is 1.11. The molecule has 0 fully saturated rings. The van der Waals surface area contributed by atoms with Crippen molar-refractivity contribution in [3.05, 3.63) is 12.4 Å². The number of anilines is 2. The van der Waals surface area contributed by atoms with Gasteiger partial charge in [-0.25, -0.2) is 9.97 Å². The average Bonchev–Trinajstić information content (AvgIpc) is 2.28. The molecular weight excluding hydrogens is 192 g/mol. The van der Waals surface area contributed by atoms with Gasteiger partial charge in [0.15, 0.2) is 0 Å². The largest absolute Gasteiger partial charge is 0.396 e. The van der Waals surface area contributed by atoms with E-state index in [9.17, 15) is 0 Å². The summed E-state index contributed by atoms with van der Waals surface area (Å²) >= 11 is 0. The molecule has 0 amide bonds. The summed E-state index contributed by atoms with van der Waals surface area (Å²) in [7, 11) is 1.81. The first-order valence-electron chi connectivity index (χ1n) is 5.04. The van der Waals surface area contributed by atoms with Gasteiger partial charge in [0.2, 0.25) is 0 Å². The third-order valence-corrected chi connectivity index (χ3v) is 2.44. The Morgan fingerprint density at radius 3 is 2.60 bits per heavy atom. The fraction of sp³-hybridized carbons (Fsp3) is 0.600. The highest BCUT2D eigenvalue weighted by Gasteiger charge is 2.11. The standard InChI is InChI=1S/C10H18N4O/c1-7(5-15)8(2)14-10-4-9(11-3)12-6-13-10/h4,6-8,15H,5H2,1-3H3,(H2,11,12,13,14). The first-order chi connectivity index (χ1) is 7.17. The van der Waals surface area contributed by atoms with Crippen molar-refractivity contribution in [2.45, 2.75) is 19.9 Å². The molecule has 0 aromatic carbocycles. The molecule has 0 aliphatic rings. The number of hydrogen-bond donors (Lipinski definition) is 3. The maximum absolute atomic E-state index is 9.00. The summed E-state index contributed by atoms with van der Waals surface area (Å²) in [6.07, 6.45) is 1.50. The number of rotatable bonds is 5. The van der Waals surface area contributed by atoms with Crippen LogP contribution in [0.2, 0.25) is 0 Å². The zero-order chi connectivity index (χ0) is 11.3. The van der Waals surface area contributed by atoms with E-state index in [-0.39, 0.29) is 18.6 Å². The molecule has 15 heavy (non-hydrogen) atoms. The van der Waals surface area contributed by atoms with Gasteiger partial charge in [-0.05, 0) is 12.8 Å². The van der Waals surface area contributed by atoms with Crippen molar-refractivity contribution in [1.29, 1.82) is 0 Å². The van der Waals surface area contributed by atoms with Gasteiger partial charge in [-0.3, -0.25) is 0 Å². The van der Waals surface area contributed by atoms with Gasteiger partial charge in [0, 0.05) is 25.8 Å². The van der Waals surface area contributed by atoms with Gasteiger partial charge in [-0.15, -0.1) is 0 Å². The number of nitrogens with zero attached hydrogens (tertiary/aromatic N) is 2. The summed E-state index contributed by atoms with van der Waals surface area (Å²) in [6.45, 7) is 4.16. The first-order valence-corrected chi connectivity index (χ1v) is 5.04. The van der Waals surface area contributed by atoms with E-state index in [1.54, 1.807) is 0 Å². The Balaban J connectivity index is 2.63. The van der Waals surface area contributed by atoms with E-state index >= 15 is 0 Å². The number of nitrogens with one attached hydrogen (secondary N) is 2. The predicted octanol–water partition coefficient (Wildman–Crippen LogP) is 0.947. The van der Waals surface area contributed by atoms with E-state index in [0.29, 0.717) is 0 Å². The minimum atomic E-state index is 0.165. The lowest BCUT2D eigenvalue weighted by atomic mass is 10.1. The van der Waals surface area contributed by atoms with Crippen LogP contribution < -0.4 is 10.6 Å². The quantitative estimate of drug-likeness (QED) is 0.675. The predicted molar refractivity (Wildman–Crippen MR) is 60.9 cm³/mol. The number of aliphatic hydroxyl groups is 1. The lowest BCUT2D eigenvalue weighted by molar-refractivity contribution is 0.226. The van der Waals surface area contributed by atoms with Crippen LogP contribution in [0.4, 0.5) is 11.6 Å². The van der Waals surface area contributed by atoms with Crippen molar-refractivity contribution >= 4 is 11.6 Å². The van der Waals surface area contributed by atoms with Gasteiger partial charge in [0.05, 0.1) is 0 Å². The lowest BCUT2D eigenvalue weighted by Crippen LogP contribution is -2.26. The highest BCUT2D eigenvalue weighted by Crippen LogP contribution is 2.12. The Kier molecular flexibility index (Phi) is 4.30. The van der Waals surface area contributed by atoms with E-state index < -0.39 is 0 Å². The highest BCUT2D eigenvalue weighted by molar-refractivity contribution is 5.46. The molecule has 2 unspecified atom stereocenters. The van der Waals surface area contributed by atoms with Crippen LogP contribution in [0, 0.1) is 5.92 Å². The summed E-state index contributed by atoms with van der Waals surface area (Å²) in [4.78, 5) is 8.12. The molecule has 0 saturated carbocycles. The minimum Gasteiger partial charge on any atom is -0.396 e. The summed E-state index contributed by atoms with van der Waals surface area (Å²) in [6, 6.07) is 2.01. The van der Waals surface area contributed by atoms with E-state index in [4.69, 9.17) is 5.11 Å². The number of aliphatic hydroxyl groups excluding tert-OH is 1. The van der Waals surface area contributed by atoms with Crippen molar-refractivity contribution in [1.82, 2.24) is 9.97 Å². The minimum absolute atomic E-state index is 0.165. The molecule has 1 aromatic heterocycles. The van der Waals surface area contributed by atoms with E-state index in [2.05, 4.69) is 20.6 Å². The lowest BCUT2D eigenvalue weighted by Gasteiger charge is -2.19. The molecule has 1 aromatic rings. The van der Waals surface area contributed by atoms with Crippen molar-refractivity contribution in [2.75, 3.05) is 24.3 Å². The Labute approximate surface area is 90.0 Å². The molecule has 0 saturated heterocycles. The van der Waals surface area contributed by atoms with Crippen LogP contribution in [0.25, 0.3) is 0 Å². The second kappa shape index (κ2) is 5.50. The molecule has 0 bridgehead atoms. The monoisotopic (exact) mass is 210 g/mol. The van der Waals surface area contributed by atoms with Crippen LogP contribution in [-0.4, -0.2) is 34.8 Å². The molecular formula is C10H18N4O. The van der Waals surface area contributed by atoms with E-state index in [1.165, 1.54) is 6.33 Å². The van der Waals surface area contributed by atoms with Gasteiger partial charge in [0.1, 0.15) is 18.0 Å². The summed E-state index contributed by atoms with van der Waals surface area (Å²) in [5, 5.41) is 15.2. The van der Waals surface area contributed by atoms with Crippen LogP contribution in [0.15, 0.2) is 12.4 Å². The Bertz CT molecular complexity index is 305. The molecule has 0 aliphatic heterocycles. The van der Waals surface area contributed by atoms with E-state index in [0.717, 1.165) is 11.6 Å². The Morgan fingerprint density at radius 2 is 2.00 bits per heavy atom. The molecule has 0 aliphatic carbocycles. The zero-order valence-corrected chi connectivity index (χ0v) is 9.36. The molecule has 1 rings (SSSR count). The zero-order valence-electron chi connectivity index (χ0n) is 9.36. The molecule has 0 radical (unpaired) electrons. The van der Waals surface area contributed by atoms with Crippen LogP contribution in [0.3, 0.4) is 0 Å². The summed E-state index contributed by atoms with van der Waals surface area (Å²) in [5.41, 5.74) is 0. The highest BCUT2D eigenvalue weighted by atomic mass is 16.3. The average molecular weight is 210 g/mol. The van der Waals surface area contributed by atoms with Crippen molar-refractivity contribution in [3.63, 3.8) is 0 Å². The van der Waals surface area contributed by atoms with Crippen LogP contribution in [-0.2, 0) is 0 Å². The second-order valence-corrected chi connectivity index (χ2v) is 3.63. The third kappa shape index (κ3) is 3.36. The van der Waals surface area contributed by atoms with Crippen molar-refractivity contribution in [2.24, 2.45) is 5.92 Å². The van der Waals surface area contributed by atoms with Crippen LogP contribution >= 0.6 is 0 Å².